The van der Waals surface area contributed by atoms with Crippen LogP contribution in [0.5, 0.6) is 5.75 Å². The first-order chi connectivity index (χ1) is 12.5. The van der Waals surface area contributed by atoms with Gasteiger partial charge in [-0.2, -0.15) is 0 Å². The predicted molar refractivity (Wildman–Crippen MR) is 101 cm³/mol. The summed E-state index contributed by atoms with van der Waals surface area (Å²) >= 11 is 12.0. The van der Waals surface area contributed by atoms with Gasteiger partial charge >= 0.3 is 0 Å². The van der Waals surface area contributed by atoms with Crippen molar-refractivity contribution in [3.05, 3.63) is 58.3 Å². The van der Waals surface area contributed by atoms with E-state index in [-0.39, 0.29) is 12.0 Å². The van der Waals surface area contributed by atoms with E-state index in [4.69, 9.17) is 32.7 Å². The second-order valence-electron chi connectivity index (χ2n) is 6.20. The number of ether oxygens (including phenoxy) is 2. The zero-order valence-corrected chi connectivity index (χ0v) is 15.9. The summed E-state index contributed by atoms with van der Waals surface area (Å²) in [6.45, 7) is 3.45. The van der Waals surface area contributed by atoms with E-state index in [2.05, 4.69) is 4.98 Å². The van der Waals surface area contributed by atoms with Crippen LogP contribution >= 0.6 is 23.2 Å². The molecule has 0 aliphatic carbocycles. The van der Waals surface area contributed by atoms with Gasteiger partial charge in [-0.15, -0.1) is 0 Å². The maximum Gasteiger partial charge on any atom is 0.263 e. The normalized spacial score (nSPS) is 18.0. The third-order valence-electron chi connectivity index (χ3n) is 4.24. The molecule has 2 atom stereocenters. The van der Waals surface area contributed by atoms with Crippen molar-refractivity contribution >= 4 is 29.1 Å². The Morgan fingerprint density at radius 2 is 2.08 bits per heavy atom. The molecule has 1 aromatic heterocycles. The molecule has 1 aliphatic heterocycles. The topological polar surface area (TPSA) is 51.7 Å². The Hall–Kier alpha value is -1.82. The number of carbonyl (C=O) groups is 1. The highest BCUT2D eigenvalue weighted by Gasteiger charge is 2.30. The highest BCUT2D eigenvalue weighted by Crippen LogP contribution is 2.28. The molecule has 2 aromatic rings. The molecule has 0 bridgehead atoms. The first-order valence-corrected chi connectivity index (χ1v) is 9.19. The molecule has 1 fully saturated rings. The number of amides is 1. The van der Waals surface area contributed by atoms with Crippen LogP contribution < -0.4 is 4.74 Å². The van der Waals surface area contributed by atoms with Crippen LogP contribution in [0.3, 0.4) is 0 Å². The molecular weight excluding hydrogens is 375 g/mol. The van der Waals surface area contributed by atoms with Crippen LogP contribution in [0.15, 0.2) is 42.7 Å². The van der Waals surface area contributed by atoms with Crippen molar-refractivity contribution in [1.29, 1.82) is 0 Å². The van der Waals surface area contributed by atoms with Gasteiger partial charge in [0.2, 0.25) is 0 Å². The van der Waals surface area contributed by atoms with E-state index in [1.54, 1.807) is 42.4 Å². The van der Waals surface area contributed by atoms with Crippen LogP contribution in [-0.4, -0.2) is 41.1 Å². The van der Waals surface area contributed by atoms with Gasteiger partial charge in [0.1, 0.15) is 5.75 Å². The number of nitrogens with zero attached hydrogens (tertiary/aromatic N) is 2. The maximum atomic E-state index is 12.6. The lowest BCUT2D eigenvalue weighted by Gasteiger charge is -2.22. The van der Waals surface area contributed by atoms with E-state index >= 15 is 0 Å². The first-order valence-electron chi connectivity index (χ1n) is 8.44. The fourth-order valence-electron chi connectivity index (χ4n) is 2.83. The SMILES string of the molecule is C[C@H](Oc1ccc(Cl)cc1Cl)C(=O)N1CC[C@H](OCc2ccncc2)C1. The summed E-state index contributed by atoms with van der Waals surface area (Å²) in [5, 5.41) is 0.909. The molecule has 0 spiro atoms. The predicted octanol–water partition coefficient (Wildman–Crippen LogP) is 3.97. The molecule has 1 saturated heterocycles. The van der Waals surface area contributed by atoms with Crippen molar-refractivity contribution in [3.63, 3.8) is 0 Å². The number of carbonyl (C=O) groups excluding carboxylic acids is 1. The minimum absolute atomic E-state index is 0.0263. The van der Waals surface area contributed by atoms with Crippen molar-refractivity contribution in [2.75, 3.05) is 13.1 Å². The average Bonchev–Trinajstić information content (AvgIpc) is 3.11. The summed E-state index contributed by atoms with van der Waals surface area (Å²) in [5.41, 5.74) is 1.07. The number of aromatic nitrogens is 1. The highest BCUT2D eigenvalue weighted by atomic mass is 35.5. The molecule has 5 nitrogen and oxygen atoms in total. The molecular formula is C19H20Cl2N2O3. The van der Waals surface area contributed by atoms with Crippen LogP contribution in [-0.2, 0) is 16.1 Å². The van der Waals surface area contributed by atoms with Gasteiger partial charge in [-0.1, -0.05) is 23.2 Å². The summed E-state index contributed by atoms with van der Waals surface area (Å²) < 4.78 is 11.6. The third-order valence-corrected chi connectivity index (χ3v) is 4.77. The Labute approximate surface area is 162 Å². The summed E-state index contributed by atoms with van der Waals surface area (Å²) in [7, 11) is 0. The van der Waals surface area contributed by atoms with Gasteiger partial charge in [-0.05, 0) is 49.2 Å². The fourth-order valence-corrected chi connectivity index (χ4v) is 3.28. The Morgan fingerprint density at radius 1 is 1.31 bits per heavy atom. The average molecular weight is 395 g/mol. The molecule has 0 saturated carbocycles. The molecule has 0 radical (unpaired) electrons. The van der Waals surface area contributed by atoms with E-state index in [0.29, 0.717) is 35.5 Å². The molecule has 138 valence electrons. The van der Waals surface area contributed by atoms with Crippen LogP contribution in [0.4, 0.5) is 0 Å². The number of pyridine rings is 1. The van der Waals surface area contributed by atoms with E-state index in [1.165, 1.54) is 0 Å². The molecule has 1 aliphatic rings. The summed E-state index contributed by atoms with van der Waals surface area (Å²) in [6, 6.07) is 8.78. The Kier molecular flexibility index (Phi) is 6.35. The zero-order chi connectivity index (χ0) is 18.5. The van der Waals surface area contributed by atoms with Gasteiger partial charge in [-0.25, -0.2) is 0 Å². The standard InChI is InChI=1S/C19H20Cl2N2O3/c1-13(26-18-3-2-15(20)10-17(18)21)19(24)23-9-6-16(11-23)25-12-14-4-7-22-8-5-14/h2-5,7-8,10,13,16H,6,9,11-12H2,1H3/t13-,16-/m0/s1. The van der Waals surface area contributed by atoms with Gasteiger partial charge in [-0.3, -0.25) is 9.78 Å². The van der Waals surface area contributed by atoms with Crippen molar-refractivity contribution in [3.8, 4) is 5.75 Å². The van der Waals surface area contributed by atoms with Crippen LogP contribution in [0, 0.1) is 0 Å². The molecule has 7 heteroatoms. The van der Waals surface area contributed by atoms with E-state index < -0.39 is 6.10 Å². The second-order valence-corrected chi connectivity index (χ2v) is 7.04. The monoisotopic (exact) mass is 394 g/mol. The molecule has 0 unspecified atom stereocenters. The zero-order valence-electron chi connectivity index (χ0n) is 14.4. The number of likely N-dealkylation sites (tertiary alicyclic amines) is 1. The van der Waals surface area contributed by atoms with E-state index in [0.717, 1.165) is 12.0 Å². The minimum atomic E-state index is -0.632. The summed E-state index contributed by atoms with van der Waals surface area (Å²) in [6.07, 6.45) is 3.69. The Balaban J connectivity index is 1.50. The van der Waals surface area contributed by atoms with E-state index in [1.807, 2.05) is 12.1 Å². The van der Waals surface area contributed by atoms with E-state index in [9.17, 15) is 4.79 Å². The number of benzene rings is 1. The maximum absolute atomic E-state index is 12.6. The summed E-state index contributed by atoms with van der Waals surface area (Å²) in [4.78, 5) is 18.4. The number of rotatable bonds is 6. The number of halogens is 2. The van der Waals surface area contributed by atoms with Gasteiger partial charge in [0.25, 0.3) is 5.91 Å². The molecule has 0 N–H and O–H groups in total. The summed E-state index contributed by atoms with van der Waals surface area (Å²) in [5.74, 6) is 0.368. The van der Waals surface area contributed by atoms with Gasteiger partial charge in [0.15, 0.2) is 6.10 Å². The van der Waals surface area contributed by atoms with Crippen molar-refractivity contribution in [2.45, 2.75) is 32.2 Å². The molecule has 3 rings (SSSR count). The van der Waals surface area contributed by atoms with Gasteiger partial charge in [0, 0.05) is 30.5 Å². The lowest BCUT2D eigenvalue weighted by molar-refractivity contribution is -0.137. The lowest BCUT2D eigenvalue weighted by atomic mass is 10.3. The van der Waals surface area contributed by atoms with Crippen molar-refractivity contribution in [2.24, 2.45) is 0 Å². The van der Waals surface area contributed by atoms with Gasteiger partial charge < -0.3 is 14.4 Å². The number of hydrogen-bond donors (Lipinski definition) is 0. The fraction of sp³-hybridized carbons (Fsp3) is 0.368. The third kappa shape index (κ3) is 4.87. The smallest absolute Gasteiger partial charge is 0.263 e. The van der Waals surface area contributed by atoms with Crippen molar-refractivity contribution < 1.29 is 14.3 Å². The van der Waals surface area contributed by atoms with Crippen molar-refractivity contribution in [1.82, 2.24) is 9.88 Å². The Morgan fingerprint density at radius 3 is 2.81 bits per heavy atom. The Bertz CT molecular complexity index is 758. The quantitative estimate of drug-likeness (QED) is 0.743. The minimum Gasteiger partial charge on any atom is -0.479 e. The largest absolute Gasteiger partial charge is 0.479 e. The molecule has 2 heterocycles. The molecule has 1 amide bonds. The molecule has 26 heavy (non-hydrogen) atoms. The first kappa shape index (κ1) is 19.0. The highest BCUT2D eigenvalue weighted by molar-refractivity contribution is 6.35. The van der Waals surface area contributed by atoms with Crippen LogP contribution in [0.1, 0.15) is 18.9 Å². The number of hydrogen-bond acceptors (Lipinski definition) is 4. The van der Waals surface area contributed by atoms with Gasteiger partial charge in [0.05, 0.1) is 17.7 Å². The molecule has 1 aromatic carbocycles. The second kappa shape index (κ2) is 8.71. The van der Waals surface area contributed by atoms with Crippen LogP contribution in [0.25, 0.3) is 0 Å². The van der Waals surface area contributed by atoms with Crippen LogP contribution in [0.2, 0.25) is 10.0 Å². The lowest BCUT2D eigenvalue weighted by Crippen LogP contribution is -2.39.